The summed E-state index contributed by atoms with van der Waals surface area (Å²) in [6.45, 7) is 5.30. The quantitative estimate of drug-likeness (QED) is 0.663. The summed E-state index contributed by atoms with van der Waals surface area (Å²) >= 11 is 0. The van der Waals surface area contributed by atoms with Crippen molar-refractivity contribution >= 4 is 27.7 Å². The van der Waals surface area contributed by atoms with Gasteiger partial charge in [-0.15, -0.1) is 0 Å². The third kappa shape index (κ3) is 5.33. The van der Waals surface area contributed by atoms with Gasteiger partial charge < -0.3 is 14.8 Å². The third-order valence-electron chi connectivity index (χ3n) is 5.19. The Kier molecular flexibility index (Phi) is 7.48. The number of carbonyl (C=O) groups is 1. The molecule has 1 fully saturated rings. The van der Waals surface area contributed by atoms with Crippen molar-refractivity contribution in [2.24, 2.45) is 0 Å². The second kappa shape index (κ2) is 10.1. The van der Waals surface area contributed by atoms with Gasteiger partial charge in [-0.05, 0) is 48.2 Å². The van der Waals surface area contributed by atoms with Crippen LogP contribution in [0.4, 0.5) is 5.69 Å². The molecule has 8 heteroatoms. The molecule has 1 heterocycles. The van der Waals surface area contributed by atoms with Crippen LogP contribution < -0.4 is 10.1 Å². The van der Waals surface area contributed by atoms with Crippen LogP contribution in [0.15, 0.2) is 47.4 Å². The summed E-state index contributed by atoms with van der Waals surface area (Å²) in [6, 6.07) is 10.7. The van der Waals surface area contributed by atoms with E-state index in [2.05, 4.69) is 5.32 Å². The molecule has 3 rings (SSSR count). The van der Waals surface area contributed by atoms with Crippen molar-refractivity contribution in [3.05, 3.63) is 59.2 Å². The van der Waals surface area contributed by atoms with Gasteiger partial charge in [0.2, 0.25) is 15.9 Å². The Bertz CT molecular complexity index is 1070. The summed E-state index contributed by atoms with van der Waals surface area (Å²) in [6.07, 6.45) is 3.80. The topological polar surface area (TPSA) is 84.9 Å². The smallest absolute Gasteiger partial charge is 0.248 e. The Morgan fingerprint density at radius 1 is 1.23 bits per heavy atom. The van der Waals surface area contributed by atoms with Gasteiger partial charge in [0.1, 0.15) is 10.6 Å². The summed E-state index contributed by atoms with van der Waals surface area (Å²) in [4.78, 5) is 12.6. The minimum atomic E-state index is -3.74. The lowest BCUT2D eigenvalue weighted by molar-refractivity contribution is -0.111. The Balaban J connectivity index is 1.83. The number of benzene rings is 2. The number of ether oxygens (including phenoxy) is 2. The van der Waals surface area contributed by atoms with Crippen LogP contribution in [0, 0.1) is 6.92 Å². The zero-order valence-electron chi connectivity index (χ0n) is 18.1. The average Bonchev–Trinajstić information content (AvgIpc) is 2.79. The first-order chi connectivity index (χ1) is 14.9. The van der Waals surface area contributed by atoms with Gasteiger partial charge in [-0.25, -0.2) is 8.42 Å². The van der Waals surface area contributed by atoms with Crippen molar-refractivity contribution < 1.29 is 22.7 Å². The maximum Gasteiger partial charge on any atom is 0.248 e. The summed E-state index contributed by atoms with van der Waals surface area (Å²) < 4.78 is 38.1. The fourth-order valence-corrected chi connectivity index (χ4v) is 5.06. The van der Waals surface area contributed by atoms with Gasteiger partial charge in [-0.2, -0.15) is 4.31 Å². The molecule has 1 N–H and O–H groups in total. The normalized spacial score (nSPS) is 15.2. The molecule has 1 amide bonds. The van der Waals surface area contributed by atoms with Crippen molar-refractivity contribution in [2.45, 2.75) is 25.2 Å². The number of amides is 1. The second-order valence-electron chi connectivity index (χ2n) is 7.21. The molecule has 2 aromatic carbocycles. The van der Waals surface area contributed by atoms with E-state index in [4.69, 9.17) is 9.47 Å². The maximum absolute atomic E-state index is 13.1. The largest absolute Gasteiger partial charge is 0.495 e. The number of nitrogens with one attached hydrogen (secondary N) is 1. The standard InChI is InChI=1S/C23H28N2O5S/c1-4-19-7-5-6-17(2)23(19)24-22(26)11-9-18-8-10-20(29-3)21(16-18)31(27,28)25-12-14-30-15-13-25/h5-11,16H,4,12-15H2,1-3H3,(H,24,26)/b11-9+. The predicted octanol–water partition coefficient (Wildman–Crippen LogP) is 3.24. The highest BCUT2D eigenvalue weighted by atomic mass is 32.2. The van der Waals surface area contributed by atoms with E-state index in [9.17, 15) is 13.2 Å². The van der Waals surface area contributed by atoms with E-state index >= 15 is 0 Å². The molecule has 0 aliphatic carbocycles. The van der Waals surface area contributed by atoms with E-state index in [1.54, 1.807) is 18.2 Å². The molecular weight excluding hydrogens is 416 g/mol. The molecule has 1 saturated heterocycles. The monoisotopic (exact) mass is 444 g/mol. The Morgan fingerprint density at radius 2 is 1.97 bits per heavy atom. The molecule has 0 aromatic heterocycles. The highest BCUT2D eigenvalue weighted by Crippen LogP contribution is 2.29. The molecule has 0 saturated carbocycles. The minimum absolute atomic E-state index is 0.0756. The summed E-state index contributed by atoms with van der Waals surface area (Å²) in [5, 5.41) is 2.93. The van der Waals surface area contributed by atoms with E-state index in [-0.39, 0.29) is 16.6 Å². The molecule has 166 valence electrons. The van der Waals surface area contributed by atoms with Crippen LogP contribution in [-0.4, -0.2) is 52.0 Å². The highest BCUT2D eigenvalue weighted by Gasteiger charge is 2.29. The first-order valence-corrected chi connectivity index (χ1v) is 11.6. The van der Waals surface area contributed by atoms with Crippen LogP contribution in [0.5, 0.6) is 5.75 Å². The highest BCUT2D eigenvalue weighted by molar-refractivity contribution is 7.89. The number of aryl methyl sites for hydroxylation is 2. The van der Waals surface area contributed by atoms with Crippen LogP contribution in [0.3, 0.4) is 0 Å². The molecule has 1 aliphatic heterocycles. The maximum atomic E-state index is 13.1. The SMILES string of the molecule is CCc1cccc(C)c1NC(=O)/C=C/c1ccc(OC)c(S(=O)(=O)N2CCOCC2)c1. The van der Waals surface area contributed by atoms with Crippen LogP contribution in [-0.2, 0) is 26.0 Å². The van der Waals surface area contributed by atoms with Crippen molar-refractivity contribution in [2.75, 3.05) is 38.7 Å². The van der Waals surface area contributed by atoms with Crippen molar-refractivity contribution in [3.8, 4) is 5.75 Å². The van der Waals surface area contributed by atoms with Gasteiger partial charge >= 0.3 is 0 Å². The number of morpholine rings is 1. The number of hydrogen-bond acceptors (Lipinski definition) is 5. The molecule has 0 spiro atoms. The average molecular weight is 445 g/mol. The molecule has 0 bridgehead atoms. The van der Waals surface area contributed by atoms with E-state index < -0.39 is 10.0 Å². The van der Waals surface area contributed by atoms with E-state index in [0.29, 0.717) is 31.9 Å². The van der Waals surface area contributed by atoms with Gasteiger partial charge in [0, 0.05) is 24.9 Å². The fraction of sp³-hybridized carbons (Fsp3) is 0.348. The van der Waals surface area contributed by atoms with Gasteiger partial charge in [-0.1, -0.05) is 31.2 Å². The number of sulfonamides is 1. The third-order valence-corrected chi connectivity index (χ3v) is 7.11. The molecule has 31 heavy (non-hydrogen) atoms. The van der Waals surface area contributed by atoms with Crippen LogP contribution in [0.25, 0.3) is 6.08 Å². The van der Waals surface area contributed by atoms with Gasteiger partial charge in [-0.3, -0.25) is 4.79 Å². The lowest BCUT2D eigenvalue weighted by atomic mass is 10.1. The van der Waals surface area contributed by atoms with E-state index in [1.807, 2.05) is 32.0 Å². The summed E-state index contributed by atoms with van der Waals surface area (Å²) in [5.74, 6) is -0.0157. The lowest BCUT2D eigenvalue weighted by Crippen LogP contribution is -2.40. The fourth-order valence-electron chi connectivity index (χ4n) is 3.46. The van der Waals surface area contributed by atoms with Crippen LogP contribution >= 0.6 is 0 Å². The molecule has 0 atom stereocenters. The number of hydrogen-bond donors (Lipinski definition) is 1. The van der Waals surface area contributed by atoms with Crippen molar-refractivity contribution in [1.29, 1.82) is 0 Å². The van der Waals surface area contributed by atoms with Gasteiger partial charge in [0.05, 0.1) is 20.3 Å². The summed E-state index contributed by atoms with van der Waals surface area (Å²) in [7, 11) is -2.30. The molecule has 7 nitrogen and oxygen atoms in total. The number of methoxy groups -OCH3 is 1. The number of rotatable bonds is 7. The number of nitrogens with zero attached hydrogens (tertiary/aromatic N) is 1. The summed E-state index contributed by atoms with van der Waals surface area (Å²) in [5.41, 5.74) is 3.45. The van der Waals surface area contributed by atoms with Crippen LogP contribution in [0.1, 0.15) is 23.6 Å². The molecule has 0 unspecified atom stereocenters. The zero-order valence-corrected chi connectivity index (χ0v) is 18.9. The van der Waals surface area contributed by atoms with Gasteiger partial charge in [0.15, 0.2) is 0 Å². The van der Waals surface area contributed by atoms with Crippen LogP contribution in [0.2, 0.25) is 0 Å². The molecule has 2 aromatic rings. The Morgan fingerprint density at radius 3 is 2.65 bits per heavy atom. The second-order valence-corrected chi connectivity index (χ2v) is 9.12. The molecule has 1 aliphatic rings. The van der Waals surface area contributed by atoms with Gasteiger partial charge in [0.25, 0.3) is 0 Å². The van der Waals surface area contributed by atoms with E-state index in [1.165, 1.54) is 23.6 Å². The lowest BCUT2D eigenvalue weighted by Gasteiger charge is -2.26. The predicted molar refractivity (Wildman–Crippen MR) is 121 cm³/mol. The Labute approximate surface area is 183 Å². The molecule has 0 radical (unpaired) electrons. The molecular formula is C23H28N2O5S. The first-order valence-electron chi connectivity index (χ1n) is 10.2. The first kappa shape index (κ1) is 23.0. The number of carbonyl (C=O) groups excluding carboxylic acids is 1. The van der Waals surface area contributed by atoms with Crippen molar-refractivity contribution in [3.63, 3.8) is 0 Å². The number of para-hydroxylation sites is 1. The zero-order chi connectivity index (χ0) is 22.4. The van der Waals surface area contributed by atoms with E-state index in [0.717, 1.165) is 23.2 Å². The Hall–Kier alpha value is -2.68. The number of anilines is 1. The minimum Gasteiger partial charge on any atom is -0.495 e. The van der Waals surface area contributed by atoms with Crippen molar-refractivity contribution in [1.82, 2.24) is 4.31 Å².